The van der Waals surface area contributed by atoms with Gasteiger partial charge in [-0.25, -0.2) is 4.39 Å². The standard InChI is InChI=1S/C21H33FO3/c1-13-6-8-21-9-7-15(25-5)17(21)20(13,4)16(23)12-19(3,10-11-22)18(24)14(21)2/h10-11,13-17,23H,6-9,12H2,1-5H3/b11-10-/t13-,14+,15?,16-,17?,19-,20+,21?/m1/s1. The predicted molar refractivity (Wildman–Crippen MR) is 95.6 cm³/mol. The number of aliphatic hydroxyl groups is 1. The van der Waals surface area contributed by atoms with Crippen LogP contribution in [-0.2, 0) is 9.53 Å². The molecule has 3 nitrogen and oxygen atoms in total. The highest BCUT2D eigenvalue weighted by molar-refractivity contribution is 5.89. The van der Waals surface area contributed by atoms with E-state index in [1.165, 1.54) is 6.08 Å². The number of ketones is 1. The fourth-order valence-corrected chi connectivity index (χ4v) is 6.77. The summed E-state index contributed by atoms with van der Waals surface area (Å²) in [6.45, 7) is 8.22. The molecule has 8 atom stereocenters. The van der Waals surface area contributed by atoms with Crippen molar-refractivity contribution in [1.29, 1.82) is 0 Å². The molecule has 0 aliphatic heterocycles. The van der Waals surface area contributed by atoms with E-state index >= 15 is 0 Å². The molecule has 3 fully saturated rings. The number of Topliss-reactive ketones (excluding diaryl/α,β-unsaturated/α-hetero) is 1. The van der Waals surface area contributed by atoms with Crippen LogP contribution >= 0.6 is 0 Å². The van der Waals surface area contributed by atoms with Gasteiger partial charge in [0, 0.05) is 23.9 Å². The van der Waals surface area contributed by atoms with Gasteiger partial charge in [0.25, 0.3) is 0 Å². The number of aliphatic hydroxyl groups excluding tert-OH is 1. The van der Waals surface area contributed by atoms with E-state index in [2.05, 4.69) is 13.8 Å². The molecule has 0 saturated heterocycles. The van der Waals surface area contributed by atoms with E-state index in [-0.39, 0.29) is 41.0 Å². The number of halogens is 1. The minimum Gasteiger partial charge on any atom is -0.392 e. The minimum atomic E-state index is -0.949. The number of rotatable bonds is 2. The zero-order valence-electron chi connectivity index (χ0n) is 16.2. The van der Waals surface area contributed by atoms with Crippen LogP contribution in [0.1, 0.15) is 59.8 Å². The Morgan fingerprint density at radius 2 is 1.88 bits per heavy atom. The summed E-state index contributed by atoms with van der Waals surface area (Å²) in [5.41, 5.74) is -1.42. The highest BCUT2D eigenvalue weighted by Crippen LogP contribution is 2.68. The van der Waals surface area contributed by atoms with Crippen molar-refractivity contribution in [3.63, 3.8) is 0 Å². The van der Waals surface area contributed by atoms with Crippen LogP contribution in [0.15, 0.2) is 12.4 Å². The van der Waals surface area contributed by atoms with E-state index in [0.29, 0.717) is 12.2 Å². The fourth-order valence-electron chi connectivity index (χ4n) is 6.77. The second kappa shape index (κ2) is 6.16. The number of hydrogen-bond acceptors (Lipinski definition) is 3. The Morgan fingerprint density at radius 1 is 1.24 bits per heavy atom. The number of carbonyl (C=O) groups excluding carboxylic acids is 1. The van der Waals surface area contributed by atoms with Crippen LogP contribution in [0, 0.1) is 34.0 Å². The molecule has 3 aliphatic carbocycles. The molecule has 3 saturated carbocycles. The molecule has 0 radical (unpaired) electrons. The highest BCUT2D eigenvalue weighted by atomic mass is 19.1. The van der Waals surface area contributed by atoms with Crippen molar-refractivity contribution in [3.8, 4) is 0 Å². The molecule has 0 heterocycles. The van der Waals surface area contributed by atoms with Gasteiger partial charge < -0.3 is 9.84 Å². The van der Waals surface area contributed by atoms with Gasteiger partial charge in [0.05, 0.1) is 18.5 Å². The molecule has 142 valence electrons. The average Bonchev–Trinajstić information content (AvgIpc) is 2.97. The summed E-state index contributed by atoms with van der Waals surface area (Å²) in [5.74, 6) is 0.425. The normalized spacial score (nSPS) is 53.6. The first-order valence-corrected chi connectivity index (χ1v) is 9.70. The van der Waals surface area contributed by atoms with Gasteiger partial charge in [-0.15, -0.1) is 0 Å². The van der Waals surface area contributed by atoms with Crippen molar-refractivity contribution in [3.05, 3.63) is 12.4 Å². The number of allylic oxidation sites excluding steroid dienone is 1. The molecule has 0 spiro atoms. The van der Waals surface area contributed by atoms with Gasteiger partial charge in [0.2, 0.25) is 0 Å². The van der Waals surface area contributed by atoms with Gasteiger partial charge in [-0.3, -0.25) is 4.79 Å². The van der Waals surface area contributed by atoms with Crippen molar-refractivity contribution in [1.82, 2.24) is 0 Å². The third kappa shape index (κ3) is 2.39. The number of methoxy groups -OCH3 is 1. The first kappa shape index (κ1) is 19.0. The summed E-state index contributed by atoms with van der Waals surface area (Å²) >= 11 is 0. The van der Waals surface area contributed by atoms with Crippen LogP contribution < -0.4 is 0 Å². The van der Waals surface area contributed by atoms with E-state index in [1.807, 2.05) is 6.92 Å². The summed E-state index contributed by atoms with van der Waals surface area (Å²) < 4.78 is 19.0. The Balaban J connectivity index is 2.20. The zero-order valence-corrected chi connectivity index (χ0v) is 16.2. The van der Waals surface area contributed by atoms with Gasteiger partial charge in [-0.05, 0) is 62.4 Å². The smallest absolute Gasteiger partial charge is 0.146 e. The third-order valence-electron chi connectivity index (χ3n) is 8.55. The maximum atomic E-state index is 13.4. The van der Waals surface area contributed by atoms with Crippen molar-refractivity contribution in [2.45, 2.75) is 72.0 Å². The molecule has 2 bridgehead atoms. The fraction of sp³-hybridized carbons (Fsp3) is 0.857. The molecular formula is C21H33FO3. The van der Waals surface area contributed by atoms with Crippen molar-refractivity contribution >= 4 is 5.78 Å². The van der Waals surface area contributed by atoms with E-state index in [4.69, 9.17) is 4.74 Å². The molecule has 3 aliphatic rings. The minimum absolute atomic E-state index is 0.0683. The van der Waals surface area contributed by atoms with Crippen molar-refractivity contribution in [2.24, 2.45) is 34.0 Å². The summed E-state index contributed by atoms with van der Waals surface area (Å²) in [7, 11) is 1.75. The Morgan fingerprint density at radius 3 is 2.48 bits per heavy atom. The molecule has 3 rings (SSSR count). The molecule has 25 heavy (non-hydrogen) atoms. The largest absolute Gasteiger partial charge is 0.392 e. The third-order valence-corrected chi connectivity index (χ3v) is 8.55. The highest BCUT2D eigenvalue weighted by Gasteiger charge is 2.67. The Kier molecular flexibility index (Phi) is 4.69. The van der Waals surface area contributed by atoms with Crippen molar-refractivity contribution < 1.29 is 19.0 Å². The first-order valence-electron chi connectivity index (χ1n) is 9.70. The molecule has 0 aromatic rings. The monoisotopic (exact) mass is 352 g/mol. The lowest BCUT2D eigenvalue weighted by Crippen LogP contribution is -2.62. The molecule has 4 heteroatoms. The summed E-state index contributed by atoms with van der Waals surface area (Å²) in [6.07, 6.45) is 5.44. The maximum absolute atomic E-state index is 13.4. The van der Waals surface area contributed by atoms with Crippen LogP contribution in [0.5, 0.6) is 0 Å². The molecule has 0 amide bonds. The number of carbonyl (C=O) groups is 1. The SMILES string of the molecule is COC1CCC23CC[C@@H](C)[C@](C)(C12)[C@H](O)C[C@@](C)(/C=C\F)C(=O)[C@@H]3C. The Hall–Kier alpha value is -0.740. The van der Waals surface area contributed by atoms with Crippen LogP contribution in [0.2, 0.25) is 0 Å². The second-order valence-corrected chi connectivity index (χ2v) is 9.35. The lowest BCUT2D eigenvalue weighted by molar-refractivity contribution is -0.188. The summed E-state index contributed by atoms with van der Waals surface area (Å²) in [4.78, 5) is 13.4. The predicted octanol–water partition coefficient (Wildman–Crippen LogP) is 4.29. The van der Waals surface area contributed by atoms with E-state index in [1.54, 1.807) is 14.0 Å². The number of ether oxygens (including phenoxy) is 1. The van der Waals surface area contributed by atoms with Gasteiger partial charge in [-0.2, -0.15) is 0 Å². The van der Waals surface area contributed by atoms with Gasteiger partial charge >= 0.3 is 0 Å². The van der Waals surface area contributed by atoms with Gasteiger partial charge in [0.1, 0.15) is 5.78 Å². The maximum Gasteiger partial charge on any atom is 0.146 e. The topological polar surface area (TPSA) is 46.5 Å². The van der Waals surface area contributed by atoms with Gasteiger partial charge in [-0.1, -0.05) is 20.8 Å². The molecule has 3 unspecified atom stereocenters. The number of hydrogen-bond donors (Lipinski definition) is 1. The zero-order chi connectivity index (χ0) is 18.6. The second-order valence-electron chi connectivity index (χ2n) is 9.35. The van der Waals surface area contributed by atoms with Crippen LogP contribution in [0.25, 0.3) is 0 Å². The van der Waals surface area contributed by atoms with Crippen LogP contribution in [0.4, 0.5) is 4.39 Å². The Bertz CT molecular complexity index is 575. The lowest BCUT2D eigenvalue weighted by Gasteiger charge is -2.61. The average molecular weight is 352 g/mol. The van der Waals surface area contributed by atoms with Gasteiger partial charge in [0.15, 0.2) is 0 Å². The first-order chi connectivity index (χ1) is 11.7. The molecular weight excluding hydrogens is 319 g/mol. The Labute approximate surface area is 151 Å². The molecule has 0 aromatic heterocycles. The summed E-state index contributed by atoms with van der Waals surface area (Å²) in [5, 5.41) is 11.3. The molecule has 1 N–H and O–H groups in total. The lowest BCUT2D eigenvalue weighted by atomic mass is 9.44. The van der Waals surface area contributed by atoms with Crippen LogP contribution in [-0.4, -0.2) is 30.2 Å². The molecule has 0 aromatic carbocycles. The van der Waals surface area contributed by atoms with E-state index in [9.17, 15) is 14.3 Å². The summed E-state index contributed by atoms with van der Waals surface area (Å²) in [6, 6.07) is 0. The quantitative estimate of drug-likeness (QED) is 0.806. The van der Waals surface area contributed by atoms with E-state index in [0.717, 1.165) is 25.7 Å². The van der Waals surface area contributed by atoms with E-state index < -0.39 is 11.5 Å². The van der Waals surface area contributed by atoms with Crippen molar-refractivity contribution in [2.75, 3.05) is 7.11 Å². The van der Waals surface area contributed by atoms with Crippen LogP contribution in [0.3, 0.4) is 0 Å².